The number of hydrogen-bond donors (Lipinski definition) is 0. The number of nitrogens with zero attached hydrogens (tertiary/aromatic N) is 4. The molecule has 0 spiro atoms. The highest BCUT2D eigenvalue weighted by atomic mass is 35.5. The lowest BCUT2D eigenvalue weighted by molar-refractivity contribution is 0.633. The Bertz CT molecular complexity index is 817. The fourth-order valence-electron chi connectivity index (χ4n) is 2.57. The molecule has 0 bridgehead atoms. The van der Waals surface area contributed by atoms with Crippen molar-refractivity contribution in [2.24, 2.45) is 0 Å². The Morgan fingerprint density at radius 3 is 2.71 bits per heavy atom. The van der Waals surface area contributed by atoms with Gasteiger partial charge in [0, 0.05) is 12.4 Å². The Labute approximate surface area is 127 Å². The Balaban J connectivity index is 2.25. The number of benzene rings is 1. The van der Waals surface area contributed by atoms with E-state index in [2.05, 4.69) is 27.5 Å². The number of fused-ring (bicyclic) bond motifs is 1. The first-order valence-corrected chi connectivity index (χ1v) is 7.15. The van der Waals surface area contributed by atoms with E-state index in [0.717, 1.165) is 16.9 Å². The van der Waals surface area contributed by atoms with Crippen molar-refractivity contribution in [2.45, 2.75) is 18.8 Å². The van der Waals surface area contributed by atoms with Gasteiger partial charge in [-0.15, -0.1) is 11.6 Å². The highest BCUT2D eigenvalue weighted by molar-refractivity contribution is 6.16. The third-order valence-electron chi connectivity index (χ3n) is 3.61. The van der Waals surface area contributed by atoms with Crippen molar-refractivity contribution in [3.63, 3.8) is 0 Å². The second-order valence-electron chi connectivity index (χ2n) is 4.77. The minimum atomic E-state index is 0.0701. The molecule has 104 valence electrons. The number of hydrogen-bond acceptors (Lipinski definition) is 3. The van der Waals surface area contributed by atoms with Crippen molar-refractivity contribution in [2.75, 3.05) is 0 Å². The smallest absolute Gasteiger partial charge is 0.125 e. The lowest BCUT2D eigenvalue weighted by Gasteiger charge is -2.17. The third-order valence-corrected chi connectivity index (χ3v) is 3.85. The fourth-order valence-corrected chi connectivity index (χ4v) is 2.76. The fraction of sp³-hybridized carbons (Fsp3) is 0.188. The number of alkyl halides is 1. The van der Waals surface area contributed by atoms with E-state index in [-0.39, 0.29) is 6.04 Å². The Morgan fingerprint density at radius 1 is 1.29 bits per heavy atom. The molecular formula is C16H13ClN4. The van der Waals surface area contributed by atoms with E-state index < -0.39 is 0 Å². The second-order valence-corrected chi connectivity index (χ2v) is 5.04. The van der Waals surface area contributed by atoms with Gasteiger partial charge in [0.15, 0.2) is 0 Å². The zero-order chi connectivity index (χ0) is 14.8. The van der Waals surface area contributed by atoms with Gasteiger partial charge in [0.25, 0.3) is 0 Å². The molecule has 0 aliphatic carbocycles. The summed E-state index contributed by atoms with van der Waals surface area (Å²) >= 11 is 6.05. The van der Waals surface area contributed by atoms with Gasteiger partial charge < -0.3 is 4.57 Å². The summed E-state index contributed by atoms with van der Waals surface area (Å²) < 4.78 is 2.08. The molecule has 1 atom stereocenters. The van der Waals surface area contributed by atoms with Gasteiger partial charge in [0.2, 0.25) is 0 Å². The summed E-state index contributed by atoms with van der Waals surface area (Å²) in [6.45, 7) is 2.09. The predicted molar refractivity (Wildman–Crippen MR) is 82.1 cm³/mol. The van der Waals surface area contributed by atoms with E-state index in [1.54, 1.807) is 18.5 Å². The Hall–Kier alpha value is -2.38. The topological polar surface area (TPSA) is 54.5 Å². The van der Waals surface area contributed by atoms with Crippen molar-refractivity contribution in [3.8, 4) is 6.07 Å². The summed E-state index contributed by atoms with van der Waals surface area (Å²) in [6.07, 6.45) is 3.54. The summed E-state index contributed by atoms with van der Waals surface area (Å²) in [6, 6.07) is 11.8. The molecule has 5 heteroatoms. The van der Waals surface area contributed by atoms with Gasteiger partial charge in [-0.1, -0.05) is 6.07 Å². The average Bonchev–Trinajstić information content (AvgIpc) is 2.93. The lowest BCUT2D eigenvalue weighted by atomic mass is 10.1. The maximum absolute atomic E-state index is 9.22. The minimum absolute atomic E-state index is 0.0701. The van der Waals surface area contributed by atoms with Crippen LogP contribution >= 0.6 is 11.6 Å². The van der Waals surface area contributed by atoms with E-state index in [1.165, 1.54) is 0 Å². The van der Waals surface area contributed by atoms with Crippen LogP contribution in [0.3, 0.4) is 0 Å². The van der Waals surface area contributed by atoms with Crippen LogP contribution in [-0.4, -0.2) is 14.5 Å². The zero-order valence-corrected chi connectivity index (χ0v) is 12.2. The average molecular weight is 297 g/mol. The van der Waals surface area contributed by atoms with Crippen LogP contribution in [0.5, 0.6) is 0 Å². The molecule has 4 nitrogen and oxygen atoms in total. The van der Waals surface area contributed by atoms with Crippen LogP contribution < -0.4 is 0 Å². The maximum atomic E-state index is 9.22. The standard InChI is InChI=1S/C16H13ClN4/c1-11(12-5-7-19-8-6-12)21-14-4-2-3-13(10-18)16(14)20-15(21)9-17/h2-8,11H,9H2,1H3. The van der Waals surface area contributed by atoms with Crippen LogP contribution in [0, 0.1) is 11.3 Å². The first-order chi connectivity index (χ1) is 10.3. The molecule has 2 heterocycles. The van der Waals surface area contributed by atoms with E-state index >= 15 is 0 Å². The van der Waals surface area contributed by atoms with E-state index in [4.69, 9.17) is 11.6 Å². The van der Waals surface area contributed by atoms with Gasteiger partial charge >= 0.3 is 0 Å². The number of halogens is 1. The van der Waals surface area contributed by atoms with Gasteiger partial charge in [-0.2, -0.15) is 5.26 Å². The van der Waals surface area contributed by atoms with Crippen molar-refractivity contribution in [3.05, 3.63) is 59.7 Å². The first-order valence-electron chi connectivity index (χ1n) is 6.62. The predicted octanol–water partition coefficient (Wildman–Crippen LogP) is 3.65. The van der Waals surface area contributed by atoms with Crippen LogP contribution in [-0.2, 0) is 5.88 Å². The van der Waals surface area contributed by atoms with Gasteiger partial charge in [-0.25, -0.2) is 4.98 Å². The Morgan fingerprint density at radius 2 is 2.05 bits per heavy atom. The molecule has 0 saturated carbocycles. The second kappa shape index (κ2) is 5.55. The van der Waals surface area contributed by atoms with E-state index in [0.29, 0.717) is 17.0 Å². The van der Waals surface area contributed by atoms with Crippen molar-refractivity contribution in [1.82, 2.24) is 14.5 Å². The monoisotopic (exact) mass is 296 g/mol. The molecule has 0 fully saturated rings. The van der Waals surface area contributed by atoms with Crippen LogP contribution in [0.15, 0.2) is 42.7 Å². The molecule has 21 heavy (non-hydrogen) atoms. The number of imidazole rings is 1. The van der Waals surface area contributed by atoms with E-state index in [1.807, 2.05) is 24.3 Å². The van der Waals surface area contributed by atoms with Crippen molar-refractivity contribution < 1.29 is 0 Å². The molecule has 1 aromatic carbocycles. The van der Waals surface area contributed by atoms with Crippen molar-refractivity contribution >= 4 is 22.6 Å². The molecule has 1 unspecified atom stereocenters. The van der Waals surface area contributed by atoms with Crippen LogP contribution in [0.1, 0.15) is 29.9 Å². The molecule has 0 aliphatic heterocycles. The zero-order valence-electron chi connectivity index (χ0n) is 11.5. The van der Waals surface area contributed by atoms with Gasteiger partial charge in [0.05, 0.1) is 23.0 Å². The number of nitriles is 1. The molecule has 3 aromatic rings. The van der Waals surface area contributed by atoms with Gasteiger partial charge in [-0.05, 0) is 36.8 Å². The normalized spacial score (nSPS) is 12.2. The molecule has 0 N–H and O–H groups in total. The highest BCUT2D eigenvalue weighted by Gasteiger charge is 2.18. The minimum Gasteiger partial charge on any atom is -0.320 e. The molecule has 0 aliphatic rings. The highest BCUT2D eigenvalue weighted by Crippen LogP contribution is 2.28. The molecular weight excluding hydrogens is 284 g/mol. The molecule has 0 radical (unpaired) electrons. The number of para-hydroxylation sites is 1. The van der Waals surface area contributed by atoms with Crippen molar-refractivity contribution in [1.29, 1.82) is 5.26 Å². The molecule has 3 rings (SSSR count). The summed E-state index contributed by atoms with van der Waals surface area (Å²) in [5.41, 5.74) is 3.32. The Kier molecular flexibility index (Phi) is 3.59. The summed E-state index contributed by atoms with van der Waals surface area (Å²) in [7, 11) is 0. The third kappa shape index (κ3) is 2.26. The van der Waals surface area contributed by atoms with Gasteiger partial charge in [0.1, 0.15) is 17.4 Å². The molecule has 0 saturated heterocycles. The number of aromatic nitrogens is 3. The first kappa shape index (κ1) is 13.6. The quantitative estimate of drug-likeness (QED) is 0.693. The SMILES string of the molecule is CC(c1ccncc1)n1c(CCl)nc2c(C#N)cccc21. The summed E-state index contributed by atoms with van der Waals surface area (Å²) in [5.74, 6) is 1.06. The molecule has 0 amide bonds. The van der Waals surface area contributed by atoms with E-state index in [9.17, 15) is 5.26 Å². The maximum Gasteiger partial charge on any atom is 0.125 e. The lowest BCUT2D eigenvalue weighted by Crippen LogP contribution is -2.09. The van der Waals surface area contributed by atoms with Gasteiger partial charge in [-0.3, -0.25) is 4.98 Å². The number of pyridine rings is 1. The summed E-state index contributed by atoms with van der Waals surface area (Å²) in [5, 5.41) is 9.22. The van der Waals surface area contributed by atoms with Crippen LogP contribution in [0.2, 0.25) is 0 Å². The van der Waals surface area contributed by atoms with Crippen LogP contribution in [0.4, 0.5) is 0 Å². The van der Waals surface area contributed by atoms with Crippen LogP contribution in [0.25, 0.3) is 11.0 Å². The number of rotatable bonds is 3. The molecule has 2 aromatic heterocycles. The summed E-state index contributed by atoms with van der Waals surface area (Å²) in [4.78, 5) is 8.59. The largest absolute Gasteiger partial charge is 0.320 e.